The molecule has 24 atom stereocenters. The molecule has 13 fully saturated rings. The van der Waals surface area contributed by atoms with E-state index >= 15 is 0 Å². The standard InChI is InChI=1S/C64H96O25/c1-35-12-14-44-38(4)52(76-34-62(44)41(35)23-27-58(8,72-11)84-87-62)77-49(69)19-16-46(66)73-31-61(30-65,32-74-47(67)17-20-50(70)78-53-39(5)45-15-13-36(2)42-24-28-59(9)82-55(80-53)63(42,45)88-85-59)33-75-48(68)18-21-51(71)79-54-40(6)57(7)26-22-37(3)43-25-29-60(10)83-56(81-54)64(43,57)89-86-60/h35-45,52-56,65H,12-34H2,1-11H3/t35-,36-,37-,38-,39-,40+,41+,42+,43+,44+,45+,52+,53-,54-,55-,56-,57+,58-,59-,60-,61?,62-,63-,64+/m1/s1. The van der Waals surface area contributed by atoms with Gasteiger partial charge >= 0.3 is 35.8 Å². The highest BCUT2D eigenvalue weighted by Crippen LogP contribution is 2.67. The van der Waals surface area contributed by atoms with Gasteiger partial charge in [0.05, 0.1) is 57.2 Å². The van der Waals surface area contributed by atoms with Crippen LogP contribution in [0.25, 0.3) is 0 Å². The lowest BCUT2D eigenvalue weighted by atomic mass is 9.50. The number of esters is 6. The van der Waals surface area contributed by atoms with Crippen LogP contribution in [-0.2, 0) is 115 Å². The molecule has 1 unspecified atom stereocenters. The Labute approximate surface area is 520 Å². The molecule has 13 rings (SSSR count). The van der Waals surface area contributed by atoms with Gasteiger partial charge in [0.1, 0.15) is 25.4 Å². The molecule has 3 saturated carbocycles. The van der Waals surface area contributed by atoms with Crippen LogP contribution in [0.15, 0.2) is 0 Å². The maximum Gasteiger partial charge on any atom is 0.308 e. The minimum absolute atomic E-state index is 0.0693. The Hall–Kier alpha value is -3.70. The largest absolute Gasteiger partial charge is 0.465 e. The number of hydrogen-bond acceptors (Lipinski definition) is 25. The Morgan fingerprint density at radius 3 is 1.58 bits per heavy atom. The van der Waals surface area contributed by atoms with Crippen molar-refractivity contribution < 1.29 is 120 Å². The number of aliphatic hydroxyl groups is 1. The van der Waals surface area contributed by atoms with Crippen molar-refractivity contribution in [2.45, 2.75) is 250 Å². The summed E-state index contributed by atoms with van der Waals surface area (Å²) in [6.07, 6.45) is 2.08. The predicted octanol–water partition coefficient (Wildman–Crippen LogP) is 7.87. The summed E-state index contributed by atoms with van der Waals surface area (Å²) in [7, 11) is 1.58. The number of ether oxygens (including phenoxy) is 12. The van der Waals surface area contributed by atoms with Crippen molar-refractivity contribution in [2.24, 2.45) is 75.9 Å². The SMILES string of the molecule is CO[C@@]1(C)CC[C@H]2[C@H](C)CC[C@H]3[C@@H](C)[C@H](OC(=O)CCC(=O)OCC(CO)(COC(=O)CCC(=O)O[C@@H]4O[C@@H]5O[C@@]6(C)CC[C@H]7[C@H](C)CC[C@@H]([C@H]4C)[C@@]57OO6)COC(=O)CCC(=O)O[C@@H]4O[C@@H]5O[C@@]6(C)CC[C@H]7[C@H](C)CC[C@@](C)([C@H]4C)[C@@]57OO6)OC[C@]32OO1. The molecule has 3 spiro atoms. The minimum atomic E-state index is -1.76. The molecule has 10 aliphatic heterocycles. The summed E-state index contributed by atoms with van der Waals surface area (Å²) < 4.78 is 72.1. The molecule has 25 heteroatoms. The molecule has 3 aliphatic carbocycles. The van der Waals surface area contributed by atoms with Gasteiger partial charge in [0.15, 0.2) is 29.6 Å². The van der Waals surface area contributed by atoms with Gasteiger partial charge in [-0.15, -0.1) is 0 Å². The number of carbonyl (C=O) groups excluding carboxylic acids is 6. The van der Waals surface area contributed by atoms with Crippen molar-refractivity contribution in [1.29, 1.82) is 0 Å². The van der Waals surface area contributed by atoms with E-state index in [1.54, 1.807) is 21.0 Å². The molecule has 13 aliphatic rings. The molecular formula is C64H96O25. The first-order valence-corrected chi connectivity index (χ1v) is 32.8. The number of fused-ring (bicyclic) bond motifs is 4. The van der Waals surface area contributed by atoms with E-state index in [-0.39, 0.29) is 54.0 Å². The van der Waals surface area contributed by atoms with Crippen molar-refractivity contribution in [1.82, 2.24) is 0 Å². The molecule has 1 N–H and O–H groups in total. The second-order valence-electron chi connectivity index (χ2n) is 29.1. The van der Waals surface area contributed by atoms with Gasteiger partial charge in [-0.2, -0.15) is 0 Å². The summed E-state index contributed by atoms with van der Waals surface area (Å²) >= 11 is 0. The molecule has 10 heterocycles. The van der Waals surface area contributed by atoms with Gasteiger partial charge in [0.25, 0.3) is 0 Å². The first-order valence-electron chi connectivity index (χ1n) is 32.8. The first-order chi connectivity index (χ1) is 42.2. The maximum atomic E-state index is 13.6. The number of carbonyl (C=O) groups is 6. The van der Waals surface area contributed by atoms with E-state index in [1.807, 2.05) is 27.7 Å². The third kappa shape index (κ3) is 12.3. The van der Waals surface area contributed by atoms with Gasteiger partial charge < -0.3 is 61.9 Å². The van der Waals surface area contributed by atoms with Crippen LogP contribution in [-0.4, -0.2) is 147 Å². The zero-order chi connectivity index (χ0) is 63.7. The van der Waals surface area contributed by atoms with Gasteiger partial charge in [-0.05, 0) is 114 Å². The third-order valence-corrected chi connectivity index (χ3v) is 23.4. The van der Waals surface area contributed by atoms with Crippen LogP contribution in [0.2, 0.25) is 0 Å². The van der Waals surface area contributed by atoms with E-state index in [9.17, 15) is 33.9 Å². The van der Waals surface area contributed by atoms with Crippen LogP contribution in [0.4, 0.5) is 0 Å². The second kappa shape index (κ2) is 25.6. The fourth-order valence-electron chi connectivity index (χ4n) is 17.4. The van der Waals surface area contributed by atoms with E-state index in [1.165, 1.54) is 0 Å². The zero-order valence-corrected chi connectivity index (χ0v) is 53.7. The van der Waals surface area contributed by atoms with Crippen LogP contribution >= 0.6 is 0 Å². The molecule has 0 aromatic rings. The fraction of sp³-hybridized carbons (Fsp3) is 0.906. The van der Waals surface area contributed by atoms with E-state index in [4.69, 9.17) is 86.2 Å². The van der Waals surface area contributed by atoms with Crippen molar-refractivity contribution >= 4 is 35.8 Å². The highest BCUT2D eigenvalue weighted by atomic mass is 17.3. The molecule has 0 aromatic heterocycles. The number of hydrogen-bond donors (Lipinski definition) is 1. The van der Waals surface area contributed by atoms with E-state index in [2.05, 4.69) is 27.7 Å². The third-order valence-electron chi connectivity index (χ3n) is 23.4. The summed E-state index contributed by atoms with van der Waals surface area (Å²) in [4.78, 5) is 117. The molecule has 0 amide bonds. The Bertz CT molecular complexity index is 2620. The van der Waals surface area contributed by atoms with Crippen molar-refractivity contribution in [2.75, 3.05) is 40.1 Å². The van der Waals surface area contributed by atoms with E-state index in [0.29, 0.717) is 37.0 Å². The van der Waals surface area contributed by atoms with Gasteiger partial charge in [0.2, 0.25) is 30.4 Å². The summed E-state index contributed by atoms with van der Waals surface area (Å²) in [6, 6.07) is 0. The molecule has 89 heavy (non-hydrogen) atoms. The molecule has 4 bridgehead atoms. The smallest absolute Gasteiger partial charge is 0.308 e. The Morgan fingerprint density at radius 1 is 0.483 bits per heavy atom. The van der Waals surface area contributed by atoms with Crippen LogP contribution in [0.1, 0.15) is 185 Å². The number of methoxy groups -OCH3 is 1. The van der Waals surface area contributed by atoms with Crippen LogP contribution in [0.5, 0.6) is 0 Å². The van der Waals surface area contributed by atoms with Crippen molar-refractivity contribution in [3.05, 3.63) is 0 Å². The Balaban J connectivity index is 0.692. The van der Waals surface area contributed by atoms with E-state index < -0.39 is 177 Å². The molecule has 25 nitrogen and oxygen atoms in total. The molecule has 502 valence electrons. The van der Waals surface area contributed by atoms with Gasteiger partial charge in [-0.1, -0.05) is 48.5 Å². The topological polar surface area (TPSA) is 289 Å². The Morgan fingerprint density at radius 2 is 0.978 bits per heavy atom. The monoisotopic (exact) mass is 1260 g/mol. The average molecular weight is 1270 g/mol. The maximum absolute atomic E-state index is 13.6. The minimum Gasteiger partial charge on any atom is -0.465 e. The number of aliphatic hydroxyl groups excluding tert-OH is 1. The summed E-state index contributed by atoms with van der Waals surface area (Å²) in [5.41, 5.74) is -4.91. The van der Waals surface area contributed by atoms with Crippen molar-refractivity contribution in [3.8, 4) is 0 Å². The number of rotatable bonds is 20. The molecule has 0 aromatic carbocycles. The van der Waals surface area contributed by atoms with Gasteiger partial charge in [0, 0.05) is 61.4 Å². The molecular weight excluding hydrogens is 1170 g/mol. The summed E-state index contributed by atoms with van der Waals surface area (Å²) in [6.45, 7) is 17.3. The lowest BCUT2D eigenvalue weighted by molar-refractivity contribution is -0.586. The highest BCUT2D eigenvalue weighted by Gasteiger charge is 2.75. The highest BCUT2D eigenvalue weighted by molar-refractivity contribution is 5.79. The fourth-order valence-corrected chi connectivity index (χ4v) is 17.4. The van der Waals surface area contributed by atoms with Gasteiger partial charge in [-0.25, -0.2) is 29.3 Å². The van der Waals surface area contributed by atoms with Gasteiger partial charge in [-0.3, -0.25) is 28.8 Å². The summed E-state index contributed by atoms with van der Waals surface area (Å²) in [5, 5.41) is 11.0. The van der Waals surface area contributed by atoms with Crippen LogP contribution in [0.3, 0.4) is 0 Å². The predicted molar refractivity (Wildman–Crippen MR) is 300 cm³/mol. The second-order valence-corrected chi connectivity index (χ2v) is 29.1. The van der Waals surface area contributed by atoms with Crippen LogP contribution < -0.4 is 0 Å². The Kier molecular flexibility index (Phi) is 19.2. The summed E-state index contributed by atoms with van der Waals surface area (Å²) in [5.74, 6) is -7.76. The zero-order valence-electron chi connectivity index (χ0n) is 53.7. The lowest BCUT2D eigenvalue weighted by Crippen LogP contribution is -2.74. The molecule has 0 radical (unpaired) electrons. The molecule has 10 saturated heterocycles. The normalized spacial score (nSPS) is 45.8. The lowest BCUT2D eigenvalue weighted by Gasteiger charge is -2.65. The van der Waals surface area contributed by atoms with E-state index in [0.717, 1.165) is 57.8 Å². The average Bonchev–Trinajstić information content (AvgIpc) is 1.69. The quantitative estimate of drug-likeness (QED) is 0.0689. The first kappa shape index (κ1) is 66.7. The van der Waals surface area contributed by atoms with Crippen LogP contribution in [0, 0.1) is 75.9 Å². The van der Waals surface area contributed by atoms with Crippen molar-refractivity contribution in [3.63, 3.8) is 0 Å².